The van der Waals surface area contributed by atoms with Crippen molar-refractivity contribution in [1.29, 1.82) is 0 Å². The fourth-order valence-electron chi connectivity index (χ4n) is 2.15. The molecule has 0 aliphatic heterocycles. The molecule has 0 spiro atoms. The number of rotatable bonds is 5. The predicted octanol–water partition coefficient (Wildman–Crippen LogP) is 3.52. The zero-order chi connectivity index (χ0) is 14.5. The van der Waals surface area contributed by atoms with Crippen molar-refractivity contribution in [3.05, 3.63) is 42.5 Å². The van der Waals surface area contributed by atoms with E-state index < -0.39 is 6.10 Å². The molecule has 106 valence electrons. The van der Waals surface area contributed by atoms with Crippen molar-refractivity contribution in [2.75, 3.05) is 0 Å². The molecule has 2 rings (SSSR count). The molecule has 1 amide bonds. The maximum Gasteiger partial charge on any atom is 0.261 e. The van der Waals surface area contributed by atoms with E-state index in [0.717, 1.165) is 16.5 Å². The normalized spacial score (nSPS) is 12.4. The molecule has 0 aliphatic rings. The number of fused-ring (bicyclic) bond motifs is 1. The van der Waals surface area contributed by atoms with Crippen LogP contribution in [0.3, 0.4) is 0 Å². The van der Waals surface area contributed by atoms with E-state index in [0.29, 0.717) is 6.42 Å². The van der Waals surface area contributed by atoms with Crippen molar-refractivity contribution in [1.82, 2.24) is 5.32 Å². The van der Waals surface area contributed by atoms with Gasteiger partial charge in [0.1, 0.15) is 5.75 Å². The number of hydrogen-bond donors (Lipinski definition) is 1. The van der Waals surface area contributed by atoms with Gasteiger partial charge in [0.05, 0.1) is 0 Å². The molecule has 0 saturated heterocycles. The Bertz CT molecular complexity index is 587. The summed E-state index contributed by atoms with van der Waals surface area (Å²) < 4.78 is 5.93. The van der Waals surface area contributed by atoms with Crippen LogP contribution >= 0.6 is 0 Å². The van der Waals surface area contributed by atoms with E-state index in [9.17, 15) is 4.79 Å². The van der Waals surface area contributed by atoms with Gasteiger partial charge in [-0.25, -0.2) is 0 Å². The van der Waals surface area contributed by atoms with E-state index >= 15 is 0 Å². The third-order valence-corrected chi connectivity index (χ3v) is 3.11. The number of nitrogens with one attached hydrogen (secondary N) is 1. The molecule has 0 unspecified atom stereocenters. The summed E-state index contributed by atoms with van der Waals surface area (Å²) in [6.07, 6.45) is 0.185. The molecule has 0 bridgehead atoms. The SMILES string of the molecule is CC[C@@H](Oc1cccc2ccccc12)C(=O)NC(C)C. The molecule has 3 heteroatoms. The zero-order valence-electron chi connectivity index (χ0n) is 12.2. The van der Waals surface area contributed by atoms with Gasteiger partial charge < -0.3 is 10.1 Å². The number of carbonyl (C=O) groups excluding carboxylic acids is 1. The van der Waals surface area contributed by atoms with Gasteiger partial charge in [-0.05, 0) is 31.7 Å². The molecule has 0 heterocycles. The summed E-state index contributed by atoms with van der Waals surface area (Å²) in [5, 5.41) is 5.05. The molecule has 20 heavy (non-hydrogen) atoms. The molecule has 2 aromatic rings. The zero-order valence-corrected chi connectivity index (χ0v) is 12.2. The Labute approximate surface area is 119 Å². The lowest BCUT2D eigenvalue weighted by atomic mass is 10.1. The highest BCUT2D eigenvalue weighted by Gasteiger charge is 2.19. The van der Waals surface area contributed by atoms with Crippen molar-refractivity contribution in [3.63, 3.8) is 0 Å². The van der Waals surface area contributed by atoms with E-state index in [2.05, 4.69) is 5.32 Å². The van der Waals surface area contributed by atoms with E-state index in [4.69, 9.17) is 4.74 Å². The molecule has 0 fully saturated rings. The fraction of sp³-hybridized carbons (Fsp3) is 0.353. The lowest BCUT2D eigenvalue weighted by Gasteiger charge is -2.19. The van der Waals surface area contributed by atoms with Gasteiger partial charge in [0.15, 0.2) is 6.10 Å². The van der Waals surface area contributed by atoms with Crippen molar-refractivity contribution < 1.29 is 9.53 Å². The van der Waals surface area contributed by atoms with Crippen LogP contribution in [0.5, 0.6) is 5.75 Å². The fourth-order valence-corrected chi connectivity index (χ4v) is 2.15. The maximum absolute atomic E-state index is 12.1. The average Bonchev–Trinajstić information content (AvgIpc) is 2.44. The van der Waals surface area contributed by atoms with E-state index in [1.807, 2.05) is 63.2 Å². The topological polar surface area (TPSA) is 38.3 Å². The molecule has 0 saturated carbocycles. The van der Waals surface area contributed by atoms with Gasteiger partial charge in [0, 0.05) is 11.4 Å². The first-order chi connectivity index (χ1) is 9.61. The van der Waals surface area contributed by atoms with Gasteiger partial charge in [-0.15, -0.1) is 0 Å². The first-order valence-electron chi connectivity index (χ1n) is 7.06. The van der Waals surface area contributed by atoms with Gasteiger partial charge >= 0.3 is 0 Å². The van der Waals surface area contributed by atoms with Crippen molar-refractivity contribution in [2.45, 2.75) is 39.3 Å². The first-order valence-corrected chi connectivity index (χ1v) is 7.06. The van der Waals surface area contributed by atoms with Crippen LogP contribution in [0.15, 0.2) is 42.5 Å². The molecule has 1 atom stereocenters. The molecular formula is C17H21NO2. The Balaban J connectivity index is 2.23. The Morgan fingerprint density at radius 2 is 1.85 bits per heavy atom. The monoisotopic (exact) mass is 271 g/mol. The Morgan fingerprint density at radius 3 is 2.55 bits per heavy atom. The summed E-state index contributed by atoms with van der Waals surface area (Å²) in [6.45, 7) is 5.85. The van der Waals surface area contributed by atoms with Gasteiger partial charge in [-0.3, -0.25) is 4.79 Å². The number of benzene rings is 2. The molecule has 2 aromatic carbocycles. The van der Waals surface area contributed by atoms with Crippen molar-refractivity contribution >= 4 is 16.7 Å². The molecule has 0 aliphatic carbocycles. The number of hydrogen-bond acceptors (Lipinski definition) is 2. The van der Waals surface area contributed by atoms with Gasteiger partial charge in [0.2, 0.25) is 0 Å². The second-order valence-corrected chi connectivity index (χ2v) is 5.16. The van der Waals surface area contributed by atoms with Crippen LogP contribution in [0.1, 0.15) is 27.2 Å². The largest absolute Gasteiger partial charge is 0.480 e. The lowest BCUT2D eigenvalue weighted by molar-refractivity contribution is -0.128. The summed E-state index contributed by atoms with van der Waals surface area (Å²) in [5.41, 5.74) is 0. The smallest absolute Gasteiger partial charge is 0.261 e. The summed E-state index contributed by atoms with van der Waals surface area (Å²) in [4.78, 5) is 12.1. The van der Waals surface area contributed by atoms with E-state index in [1.54, 1.807) is 0 Å². The molecule has 0 aromatic heterocycles. The molecular weight excluding hydrogens is 250 g/mol. The van der Waals surface area contributed by atoms with Gasteiger partial charge in [0.25, 0.3) is 5.91 Å². The minimum Gasteiger partial charge on any atom is -0.480 e. The summed E-state index contributed by atoms with van der Waals surface area (Å²) in [5.74, 6) is 0.698. The third kappa shape index (κ3) is 3.29. The highest BCUT2D eigenvalue weighted by molar-refractivity contribution is 5.89. The van der Waals surface area contributed by atoms with Crippen LogP contribution in [0.25, 0.3) is 10.8 Å². The second-order valence-electron chi connectivity index (χ2n) is 5.16. The van der Waals surface area contributed by atoms with Crippen LogP contribution in [0, 0.1) is 0 Å². The highest BCUT2D eigenvalue weighted by Crippen LogP contribution is 2.26. The van der Waals surface area contributed by atoms with Crippen molar-refractivity contribution in [2.24, 2.45) is 0 Å². The standard InChI is InChI=1S/C17H21NO2/c1-4-15(17(19)18-12(2)3)20-16-11-7-9-13-8-5-6-10-14(13)16/h5-12,15H,4H2,1-3H3,(H,18,19)/t15-/m1/s1. The average molecular weight is 271 g/mol. The van der Waals surface area contributed by atoms with Crippen molar-refractivity contribution in [3.8, 4) is 5.75 Å². The summed E-state index contributed by atoms with van der Waals surface area (Å²) in [7, 11) is 0. The summed E-state index contributed by atoms with van der Waals surface area (Å²) in [6, 6.07) is 14.0. The molecule has 3 nitrogen and oxygen atoms in total. The van der Waals surface area contributed by atoms with Crippen LogP contribution < -0.4 is 10.1 Å². The quantitative estimate of drug-likeness (QED) is 0.903. The molecule has 1 N–H and O–H groups in total. The Morgan fingerprint density at radius 1 is 1.15 bits per heavy atom. The van der Waals surface area contributed by atoms with Crippen LogP contribution in [-0.2, 0) is 4.79 Å². The summed E-state index contributed by atoms with van der Waals surface area (Å²) >= 11 is 0. The van der Waals surface area contributed by atoms with E-state index in [1.165, 1.54) is 0 Å². The first kappa shape index (κ1) is 14.4. The number of carbonyl (C=O) groups is 1. The Kier molecular flexibility index (Phi) is 4.61. The maximum atomic E-state index is 12.1. The predicted molar refractivity (Wildman–Crippen MR) is 81.9 cm³/mol. The number of ether oxygens (including phenoxy) is 1. The third-order valence-electron chi connectivity index (χ3n) is 3.11. The van der Waals surface area contributed by atoms with Crippen LogP contribution in [-0.4, -0.2) is 18.1 Å². The second kappa shape index (κ2) is 6.42. The Hall–Kier alpha value is -2.03. The van der Waals surface area contributed by atoms with Gasteiger partial charge in [-0.2, -0.15) is 0 Å². The van der Waals surface area contributed by atoms with Gasteiger partial charge in [-0.1, -0.05) is 43.3 Å². The lowest BCUT2D eigenvalue weighted by Crippen LogP contribution is -2.41. The highest BCUT2D eigenvalue weighted by atomic mass is 16.5. The minimum absolute atomic E-state index is 0.0598. The van der Waals surface area contributed by atoms with E-state index in [-0.39, 0.29) is 11.9 Å². The minimum atomic E-state index is -0.455. The van der Waals surface area contributed by atoms with Crippen LogP contribution in [0.4, 0.5) is 0 Å². The molecule has 0 radical (unpaired) electrons. The van der Waals surface area contributed by atoms with Crippen LogP contribution in [0.2, 0.25) is 0 Å². The number of amides is 1.